The summed E-state index contributed by atoms with van der Waals surface area (Å²) in [6, 6.07) is 5.05. The minimum absolute atomic E-state index is 0.285. The number of hydrogen-bond donors (Lipinski definition) is 4. The summed E-state index contributed by atoms with van der Waals surface area (Å²) in [6.45, 7) is 2.90. The molecule has 2 aliphatic rings. The molecule has 1 aliphatic carbocycles. The molecule has 36 heavy (non-hydrogen) atoms. The second-order valence-electron chi connectivity index (χ2n) is 9.74. The zero-order valence-electron chi connectivity index (χ0n) is 19.8. The number of nitrogen functional groups attached to an aromatic ring is 1. The number of imidazole rings is 1. The first kappa shape index (κ1) is 22.4. The van der Waals surface area contributed by atoms with Crippen molar-refractivity contribution in [2.24, 2.45) is 5.73 Å². The summed E-state index contributed by atoms with van der Waals surface area (Å²) in [5.41, 5.74) is 15.6. The van der Waals surface area contributed by atoms with E-state index in [0.29, 0.717) is 48.0 Å². The zero-order chi connectivity index (χ0) is 25.0. The molecule has 11 nitrogen and oxygen atoms in total. The Balaban J connectivity index is 1.25. The number of aromatic nitrogens is 6. The summed E-state index contributed by atoms with van der Waals surface area (Å²) in [6.07, 6.45) is 5.73. The maximum atomic E-state index is 14.7. The molecule has 1 atom stereocenters. The van der Waals surface area contributed by atoms with Crippen LogP contribution < -0.4 is 21.7 Å². The van der Waals surface area contributed by atoms with Gasteiger partial charge in [-0.25, -0.2) is 19.3 Å². The molecule has 2 fully saturated rings. The van der Waals surface area contributed by atoms with Crippen molar-refractivity contribution in [2.75, 3.05) is 29.0 Å². The molecule has 1 saturated carbocycles. The van der Waals surface area contributed by atoms with Gasteiger partial charge in [0.1, 0.15) is 23.2 Å². The quantitative estimate of drug-likeness (QED) is 0.320. The van der Waals surface area contributed by atoms with Crippen LogP contribution in [0.25, 0.3) is 11.2 Å². The monoisotopic (exact) mass is 490 g/mol. The van der Waals surface area contributed by atoms with Gasteiger partial charge in [-0.05, 0) is 43.9 Å². The molecule has 1 saturated heterocycles. The number of nitrogens with one attached hydrogen (secondary N) is 2. The van der Waals surface area contributed by atoms with E-state index in [0.717, 1.165) is 29.8 Å². The predicted octanol–water partition coefficient (Wildman–Crippen LogP) is 2.05. The fourth-order valence-corrected chi connectivity index (χ4v) is 4.86. The molecule has 1 amide bonds. The van der Waals surface area contributed by atoms with Crippen LogP contribution in [0, 0.1) is 12.7 Å². The lowest BCUT2D eigenvalue weighted by atomic mass is 9.99. The number of carbonyl (C=O) groups is 1. The van der Waals surface area contributed by atoms with Crippen LogP contribution in [-0.4, -0.2) is 54.3 Å². The predicted molar refractivity (Wildman–Crippen MR) is 133 cm³/mol. The number of halogens is 1. The molecule has 1 aromatic carbocycles. The van der Waals surface area contributed by atoms with E-state index in [9.17, 15) is 9.18 Å². The molecule has 6 N–H and O–H groups in total. The van der Waals surface area contributed by atoms with Crippen molar-refractivity contribution in [2.45, 2.75) is 44.2 Å². The Labute approximate surface area is 206 Å². The van der Waals surface area contributed by atoms with Crippen molar-refractivity contribution in [3.63, 3.8) is 0 Å². The standard InChI is InChI=1S/C24H27FN10O/c1-13-15(9-35-12-30-20-21(26)28-11-29-22(20)35)18(5-4-16(13)25)34-7-6-24(27,10-34)23(36)31-19-8-17(32-33-19)14-2-3-14/h4-5,8,11-12,14H,2-3,6-7,9-10,27H2,1H3,(H2,26,28,29)(H2,31,32,33,36)/t24-/m1/s1. The fraction of sp³-hybridized carbons (Fsp3) is 0.375. The Morgan fingerprint density at radius 2 is 2.14 bits per heavy atom. The first-order chi connectivity index (χ1) is 17.3. The van der Waals surface area contributed by atoms with E-state index in [2.05, 4.69) is 30.5 Å². The highest BCUT2D eigenvalue weighted by atomic mass is 19.1. The van der Waals surface area contributed by atoms with Gasteiger partial charge in [-0.1, -0.05) is 0 Å². The molecule has 6 rings (SSSR count). The largest absolute Gasteiger partial charge is 0.382 e. The Hall–Kier alpha value is -4.06. The minimum atomic E-state index is -1.11. The van der Waals surface area contributed by atoms with Crippen molar-refractivity contribution in [1.82, 2.24) is 29.7 Å². The van der Waals surface area contributed by atoms with Crippen LogP contribution in [0.4, 0.5) is 21.7 Å². The minimum Gasteiger partial charge on any atom is -0.382 e. The number of anilines is 3. The van der Waals surface area contributed by atoms with Gasteiger partial charge in [-0.15, -0.1) is 0 Å². The third-order valence-electron chi connectivity index (χ3n) is 7.22. The third kappa shape index (κ3) is 3.83. The summed E-state index contributed by atoms with van der Waals surface area (Å²) in [5, 5.41) is 10.1. The number of amides is 1. The number of H-pyrrole nitrogens is 1. The molecule has 0 unspecified atom stereocenters. The Morgan fingerprint density at radius 1 is 1.31 bits per heavy atom. The van der Waals surface area contributed by atoms with Crippen molar-refractivity contribution >= 4 is 34.4 Å². The summed E-state index contributed by atoms with van der Waals surface area (Å²) in [7, 11) is 0. The smallest absolute Gasteiger partial charge is 0.247 e. The topological polar surface area (TPSA) is 157 Å². The lowest BCUT2D eigenvalue weighted by molar-refractivity contribution is -0.120. The normalized spacial score (nSPS) is 19.8. The van der Waals surface area contributed by atoms with E-state index in [1.165, 1.54) is 12.4 Å². The summed E-state index contributed by atoms with van der Waals surface area (Å²) in [4.78, 5) is 27.8. The second-order valence-corrected chi connectivity index (χ2v) is 9.74. The molecular formula is C24H27FN10O. The molecule has 4 heterocycles. The molecule has 186 valence electrons. The van der Waals surface area contributed by atoms with Gasteiger partial charge in [0, 0.05) is 42.0 Å². The number of fused-ring (bicyclic) bond motifs is 1. The van der Waals surface area contributed by atoms with E-state index < -0.39 is 5.54 Å². The van der Waals surface area contributed by atoms with Crippen LogP contribution in [0.5, 0.6) is 0 Å². The van der Waals surface area contributed by atoms with Crippen molar-refractivity contribution in [1.29, 1.82) is 0 Å². The van der Waals surface area contributed by atoms with Crippen molar-refractivity contribution < 1.29 is 9.18 Å². The van der Waals surface area contributed by atoms with E-state index in [-0.39, 0.29) is 24.1 Å². The first-order valence-electron chi connectivity index (χ1n) is 11.9. The van der Waals surface area contributed by atoms with Gasteiger partial charge in [0.05, 0.1) is 12.9 Å². The maximum Gasteiger partial charge on any atom is 0.247 e. The lowest BCUT2D eigenvalue weighted by Crippen LogP contribution is -2.53. The number of aromatic amines is 1. The van der Waals surface area contributed by atoms with E-state index in [4.69, 9.17) is 11.5 Å². The molecule has 4 aromatic rings. The number of nitrogens with two attached hydrogens (primary N) is 2. The van der Waals surface area contributed by atoms with Gasteiger partial charge < -0.3 is 26.3 Å². The number of rotatable bonds is 6. The second kappa shape index (κ2) is 8.26. The molecule has 12 heteroatoms. The van der Waals surface area contributed by atoms with E-state index in [1.807, 2.05) is 15.5 Å². The van der Waals surface area contributed by atoms with Crippen LogP contribution in [0.3, 0.4) is 0 Å². The molecule has 1 aliphatic heterocycles. The van der Waals surface area contributed by atoms with E-state index in [1.54, 1.807) is 19.3 Å². The fourth-order valence-electron chi connectivity index (χ4n) is 4.86. The molecule has 0 bridgehead atoms. The molecule has 0 spiro atoms. The van der Waals surface area contributed by atoms with Crippen LogP contribution in [0.1, 0.15) is 42.0 Å². The van der Waals surface area contributed by atoms with Gasteiger partial charge in [-0.3, -0.25) is 9.89 Å². The Kier molecular flexibility index (Phi) is 5.14. The highest BCUT2D eigenvalue weighted by molar-refractivity contribution is 5.98. The van der Waals surface area contributed by atoms with Crippen LogP contribution >= 0.6 is 0 Å². The first-order valence-corrected chi connectivity index (χ1v) is 11.9. The molecule has 3 aromatic heterocycles. The summed E-state index contributed by atoms with van der Waals surface area (Å²) in [5.74, 6) is 0.680. The summed E-state index contributed by atoms with van der Waals surface area (Å²) < 4.78 is 16.5. The average molecular weight is 491 g/mol. The van der Waals surface area contributed by atoms with Gasteiger partial charge >= 0.3 is 0 Å². The average Bonchev–Trinajstić information content (AvgIpc) is 3.25. The number of carbonyl (C=O) groups excluding carboxylic acids is 1. The van der Waals surface area contributed by atoms with Crippen LogP contribution in [0.15, 0.2) is 30.9 Å². The zero-order valence-corrected chi connectivity index (χ0v) is 19.8. The maximum absolute atomic E-state index is 14.7. The van der Waals surface area contributed by atoms with Gasteiger partial charge in [-0.2, -0.15) is 5.10 Å². The number of hydrogen-bond acceptors (Lipinski definition) is 8. The van der Waals surface area contributed by atoms with E-state index >= 15 is 0 Å². The van der Waals surface area contributed by atoms with Gasteiger partial charge in [0.2, 0.25) is 5.91 Å². The van der Waals surface area contributed by atoms with Crippen LogP contribution in [0.2, 0.25) is 0 Å². The number of nitrogens with zero attached hydrogens (tertiary/aromatic N) is 6. The Bertz CT molecular complexity index is 1480. The number of benzene rings is 1. The summed E-state index contributed by atoms with van der Waals surface area (Å²) >= 11 is 0. The SMILES string of the molecule is Cc1c(F)ccc(N2CC[C@](N)(C(=O)Nc3cc(C4CC4)[nH]n3)C2)c1Cn1cnc2c(N)ncnc21. The molecule has 0 radical (unpaired) electrons. The van der Waals surface area contributed by atoms with Gasteiger partial charge in [0.15, 0.2) is 17.3 Å². The van der Waals surface area contributed by atoms with Gasteiger partial charge in [0.25, 0.3) is 0 Å². The van der Waals surface area contributed by atoms with Crippen molar-refractivity contribution in [3.8, 4) is 0 Å². The molecular weight excluding hydrogens is 463 g/mol. The van der Waals surface area contributed by atoms with Crippen molar-refractivity contribution in [3.05, 3.63) is 53.5 Å². The highest BCUT2D eigenvalue weighted by Gasteiger charge is 2.42. The van der Waals surface area contributed by atoms with Crippen LogP contribution in [-0.2, 0) is 11.3 Å². The lowest BCUT2D eigenvalue weighted by Gasteiger charge is -2.27. The Morgan fingerprint density at radius 3 is 2.94 bits per heavy atom. The third-order valence-corrected chi connectivity index (χ3v) is 7.22. The highest BCUT2D eigenvalue weighted by Crippen LogP contribution is 2.39.